The Hall–Kier alpha value is -0.280. The predicted molar refractivity (Wildman–Crippen MR) is 81.3 cm³/mol. The van der Waals surface area contributed by atoms with Gasteiger partial charge in [0.15, 0.2) is 0 Å². The van der Waals surface area contributed by atoms with E-state index in [1.54, 1.807) is 7.11 Å². The molecule has 0 aliphatic heterocycles. The summed E-state index contributed by atoms with van der Waals surface area (Å²) in [7, 11) is 1.72. The molecule has 1 fully saturated rings. The van der Waals surface area contributed by atoms with Crippen molar-refractivity contribution < 1.29 is 4.74 Å². The molecule has 0 heterocycles. The summed E-state index contributed by atoms with van der Waals surface area (Å²) in [4.78, 5) is 0. The van der Waals surface area contributed by atoms with Crippen LogP contribution < -0.4 is 5.32 Å². The highest BCUT2D eigenvalue weighted by molar-refractivity contribution is 6.35. The van der Waals surface area contributed by atoms with Crippen molar-refractivity contribution in [2.45, 2.75) is 25.2 Å². The summed E-state index contributed by atoms with van der Waals surface area (Å²) in [5.74, 6) is 0.709. The minimum absolute atomic E-state index is 0.185. The van der Waals surface area contributed by atoms with Gasteiger partial charge in [0.1, 0.15) is 0 Å². The SMILES string of the molecule is CCC1CC1(CNCCOC)c1ccc(Cl)cc1Cl. The van der Waals surface area contributed by atoms with Crippen LogP contribution in [0.3, 0.4) is 0 Å². The van der Waals surface area contributed by atoms with Crippen molar-refractivity contribution >= 4 is 23.2 Å². The predicted octanol–water partition coefficient (Wildman–Crippen LogP) is 3.90. The molecule has 106 valence electrons. The molecule has 1 aromatic carbocycles. The fraction of sp³-hybridized carbons (Fsp3) is 0.600. The van der Waals surface area contributed by atoms with E-state index in [0.29, 0.717) is 10.9 Å². The van der Waals surface area contributed by atoms with Crippen LogP contribution in [-0.2, 0) is 10.2 Å². The van der Waals surface area contributed by atoms with Crippen molar-refractivity contribution in [3.05, 3.63) is 33.8 Å². The third-order valence-electron chi connectivity index (χ3n) is 4.12. The Bertz CT molecular complexity index is 438. The number of rotatable bonds is 7. The van der Waals surface area contributed by atoms with Crippen LogP contribution >= 0.6 is 23.2 Å². The molecule has 0 radical (unpaired) electrons. The Morgan fingerprint density at radius 3 is 2.79 bits per heavy atom. The summed E-state index contributed by atoms with van der Waals surface area (Å²) in [5.41, 5.74) is 1.42. The van der Waals surface area contributed by atoms with E-state index in [1.165, 1.54) is 18.4 Å². The van der Waals surface area contributed by atoms with Gasteiger partial charge in [-0.2, -0.15) is 0 Å². The van der Waals surface area contributed by atoms with E-state index >= 15 is 0 Å². The minimum Gasteiger partial charge on any atom is -0.383 e. The number of nitrogens with one attached hydrogen (secondary N) is 1. The molecule has 0 bridgehead atoms. The second kappa shape index (κ2) is 6.45. The van der Waals surface area contributed by atoms with Crippen molar-refractivity contribution in [1.29, 1.82) is 0 Å². The van der Waals surface area contributed by atoms with Gasteiger partial charge in [0, 0.05) is 35.7 Å². The molecular formula is C15H21Cl2NO. The molecule has 2 unspecified atom stereocenters. The highest BCUT2D eigenvalue weighted by Gasteiger charge is 2.54. The number of methoxy groups -OCH3 is 1. The van der Waals surface area contributed by atoms with Gasteiger partial charge < -0.3 is 10.1 Å². The molecule has 1 saturated carbocycles. The van der Waals surface area contributed by atoms with Crippen LogP contribution in [0.2, 0.25) is 10.0 Å². The molecule has 1 aliphatic rings. The standard InChI is InChI=1S/C15H21Cl2NO/c1-3-11-9-15(11,10-18-6-7-19-2)13-5-4-12(16)8-14(13)17/h4-5,8,11,18H,3,6-7,9-10H2,1-2H3. The Morgan fingerprint density at radius 2 is 2.21 bits per heavy atom. The average Bonchev–Trinajstić information content (AvgIpc) is 3.09. The number of hydrogen-bond donors (Lipinski definition) is 1. The van der Waals surface area contributed by atoms with Crippen molar-refractivity contribution in [1.82, 2.24) is 5.32 Å². The first-order chi connectivity index (χ1) is 9.14. The van der Waals surface area contributed by atoms with Crippen molar-refractivity contribution in [3.8, 4) is 0 Å². The quantitative estimate of drug-likeness (QED) is 0.771. The summed E-state index contributed by atoms with van der Waals surface area (Å²) in [6.45, 7) is 4.81. The van der Waals surface area contributed by atoms with Crippen LogP contribution in [0.5, 0.6) is 0 Å². The zero-order valence-electron chi connectivity index (χ0n) is 11.5. The van der Waals surface area contributed by atoms with Gasteiger partial charge in [-0.25, -0.2) is 0 Å². The molecule has 1 aromatic rings. The smallest absolute Gasteiger partial charge is 0.0587 e. The summed E-state index contributed by atoms with van der Waals surface area (Å²) in [5, 5.41) is 4.96. The van der Waals surface area contributed by atoms with Crippen LogP contribution in [-0.4, -0.2) is 26.8 Å². The first-order valence-electron chi connectivity index (χ1n) is 6.79. The molecule has 1 N–H and O–H groups in total. The molecule has 2 nitrogen and oxygen atoms in total. The fourth-order valence-electron chi connectivity index (χ4n) is 2.94. The molecule has 19 heavy (non-hydrogen) atoms. The van der Waals surface area contributed by atoms with Gasteiger partial charge in [-0.1, -0.05) is 42.6 Å². The summed E-state index contributed by atoms with van der Waals surface area (Å²) in [6, 6.07) is 5.86. The summed E-state index contributed by atoms with van der Waals surface area (Å²) in [6.07, 6.45) is 2.38. The molecule has 0 aromatic heterocycles. The number of benzene rings is 1. The first kappa shape index (κ1) is 15.1. The minimum atomic E-state index is 0.185. The van der Waals surface area contributed by atoms with Gasteiger partial charge in [-0.15, -0.1) is 0 Å². The molecule has 4 heteroatoms. The van der Waals surface area contributed by atoms with E-state index in [-0.39, 0.29) is 5.41 Å². The van der Waals surface area contributed by atoms with Crippen molar-refractivity contribution in [2.75, 3.05) is 26.8 Å². The lowest BCUT2D eigenvalue weighted by molar-refractivity contribution is 0.198. The normalized spacial score (nSPS) is 25.6. The van der Waals surface area contributed by atoms with E-state index < -0.39 is 0 Å². The van der Waals surface area contributed by atoms with Crippen LogP contribution in [0.4, 0.5) is 0 Å². The highest BCUT2D eigenvalue weighted by atomic mass is 35.5. The first-order valence-corrected chi connectivity index (χ1v) is 7.55. The zero-order chi connectivity index (χ0) is 13.9. The van der Waals surface area contributed by atoms with E-state index in [4.69, 9.17) is 27.9 Å². The van der Waals surface area contributed by atoms with E-state index in [0.717, 1.165) is 24.7 Å². The summed E-state index contributed by atoms with van der Waals surface area (Å²) >= 11 is 12.4. The Balaban J connectivity index is 2.11. The van der Waals surface area contributed by atoms with Gasteiger partial charge >= 0.3 is 0 Å². The third-order valence-corrected chi connectivity index (χ3v) is 4.66. The largest absolute Gasteiger partial charge is 0.383 e. The topological polar surface area (TPSA) is 21.3 Å². The van der Waals surface area contributed by atoms with E-state index in [2.05, 4.69) is 18.3 Å². The maximum Gasteiger partial charge on any atom is 0.0587 e. The zero-order valence-corrected chi connectivity index (χ0v) is 13.0. The molecular weight excluding hydrogens is 281 g/mol. The van der Waals surface area contributed by atoms with Gasteiger partial charge in [-0.3, -0.25) is 0 Å². The van der Waals surface area contributed by atoms with Crippen LogP contribution in [0.15, 0.2) is 18.2 Å². The highest BCUT2D eigenvalue weighted by Crippen LogP contribution is 2.57. The van der Waals surface area contributed by atoms with Gasteiger partial charge in [0.25, 0.3) is 0 Å². The summed E-state index contributed by atoms with van der Waals surface area (Å²) < 4.78 is 5.07. The van der Waals surface area contributed by atoms with Crippen LogP contribution in [0, 0.1) is 5.92 Å². The third kappa shape index (κ3) is 3.25. The second-order valence-corrected chi connectivity index (χ2v) is 6.10. The molecule has 2 atom stereocenters. The second-order valence-electron chi connectivity index (χ2n) is 5.26. The Labute approximate surface area is 125 Å². The van der Waals surface area contributed by atoms with Crippen molar-refractivity contribution in [3.63, 3.8) is 0 Å². The lowest BCUT2D eigenvalue weighted by Crippen LogP contribution is -2.31. The van der Waals surface area contributed by atoms with Gasteiger partial charge in [0.05, 0.1) is 6.61 Å². The number of halogens is 2. The van der Waals surface area contributed by atoms with E-state index in [9.17, 15) is 0 Å². The molecule has 0 saturated heterocycles. The fourth-order valence-corrected chi connectivity index (χ4v) is 3.53. The van der Waals surface area contributed by atoms with Gasteiger partial charge in [-0.05, 0) is 30.0 Å². The monoisotopic (exact) mass is 301 g/mol. The molecule has 0 spiro atoms. The maximum atomic E-state index is 6.38. The average molecular weight is 302 g/mol. The van der Waals surface area contributed by atoms with Crippen LogP contribution in [0.1, 0.15) is 25.3 Å². The lowest BCUT2D eigenvalue weighted by atomic mass is 9.92. The maximum absolute atomic E-state index is 6.38. The lowest BCUT2D eigenvalue weighted by Gasteiger charge is -2.20. The van der Waals surface area contributed by atoms with Gasteiger partial charge in [0.2, 0.25) is 0 Å². The molecule has 0 amide bonds. The Kier molecular flexibility index (Phi) is 5.13. The van der Waals surface area contributed by atoms with E-state index in [1.807, 2.05) is 12.1 Å². The molecule has 2 rings (SSSR count). The van der Waals surface area contributed by atoms with Crippen LogP contribution in [0.25, 0.3) is 0 Å². The Morgan fingerprint density at radius 1 is 1.42 bits per heavy atom. The molecule has 1 aliphatic carbocycles. The number of hydrogen-bond acceptors (Lipinski definition) is 2. The number of ether oxygens (including phenoxy) is 1. The van der Waals surface area contributed by atoms with Crippen molar-refractivity contribution in [2.24, 2.45) is 5.92 Å².